The highest BCUT2D eigenvalue weighted by molar-refractivity contribution is 6.09. The molecule has 0 bridgehead atoms. The third kappa shape index (κ3) is 4.65. The van der Waals surface area contributed by atoms with Gasteiger partial charge >= 0.3 is 0 Å². The zero-order valence-corrected chi connectivity index (χ0v) is 17.4. The maximum Gasteiger partial charge on any atom is 0.287 e. The van der Waals surface area contributed by atoms with Gasteiger partial charge in [-0.2, -0.15) is 0 Å². The standard InChI is InChI=1S/C23H28N4O2/c1-15(2)12-13-24-23(29)21-26-20(19-11-7-8-14-27(19)21)22(28)25-18-10-6-5-9-17(18)16(3)4/h5-11,14-16H,12-13H2,1-4H3,(H,24,29)(H,25,28). The lowest BCUT2D eigenvalue weighted by molar-refractivity contribution is 0.0941. The summed E-state index contributed by atoms with van der Waals surface area (Å²) in [6.07, 6.45) is 2.63. The van der Waals surface area contributed by atoms with Crippen molar-refractivity contribution in [3.05, 3.63) is 65.7 Å². The van der Waals surface area contributed by atoms with Crippen molar-refractivity contribution in [1.29, 1.82) is 0 Å². The molecule has 2 N–H and O–H groups in total. The number of fused-ring (bicyclic) bond motifs is 1. The summed E-state index contributed by atoms with van der Waals surface area (Å²) in [6.45, 7) is 8.94. The molecule has 6 heteroatoms. The van der Waals surface area contributed by atoms with Crippen LogP contribution in [-0.4, -0.2) is 27.7 Å². The van der Waals surface area contributed by atoms with E-state index in [9.17, 15) is 9.59 Å². The fourth-order valence-corrected chi connectivity index (χ4v) is 3.21. The van der Waals surface area contributed by atoms with Gasteiger partial charge in [-0.1, -0.05) is 52.0 Å². The van der Waals surface area contributed by atoms with E-state index in [0.717, 1.165) is 17.7 Å². The average Bonchev–Trinajstić information content (AvgIpc) is 3.08. The summed E-state index contributed by atoms with van der Waals surface area (Å²) < 4.78 is 1.66. The molecular formula is C23H28N4O2. The highest BCUT2D eigenvalue weighted by Gasteiger charge is 2.22. The van der Waals surface area contributed by atoms with Crippen LogP contribution in [0.25, 0.3) is 5.52 Å². The van der Waals surface area contributed by atoms with Crippen molar-refractivity contribution < 1.29 is 9.59 Å². The lowest BCUT2D eigenvalue weighted by atomic mass is 10.0. The SMILES string of the molecule is CC(C)CCNC(=O)c1nc(C(=O)Nc2ccccc2C(C)C)c2ccccn12. The molecule has 0 saturated heterocycles. The Kier molecular flexibility index (Phi) is 6.32. The van der Waals surface area contributed by atoms with Crippen LogP contribution in [0.5, 0.6) is 0 Å². The first-order valence-corrected chi connectivity index (χ1v) is 10.0. The van der Waals surface area contributed by atoms with Gasteiger partial charge < -0.3 is 10.6 Å². The fourth-order valence-electron chi connectivity index (χ4n) is 3.21. The number of para-hydroxylation sites is 1. The van der Waals surface area contributed by atoms with Crippen molar-refractivity contribution in [2.75, 3.05) is 11.9 Å². The van der Waals surface area contributed by atoms with Crippen molar-refractivity contribution in [1.82, 2.24) is 14.7 Å². The number of nitrogens with zero attached hydrogens (tertiary/aromatic N) is 2. The van der Waals surface area contributed by atoms with Gasteiger partial charge in [0.1, 0.15) is 0 Å². The predicted octanol–water partition coefficient (Wildman–Crippen LogP) is 4.49. The van der Waals surface area contributed by atoms with E-state index in [2.05, 4.69) is 43.3 Å². The van der Waals surface area contributed by atoms with Gasteiger partial charge in [0.2, 0.25) is 5.82 Å². The molecule has 0 unspecified atom stereocenters. The summed E-state index contributed by atoms with van der Waals surface area (Å²) in [5.74, 6) is 0.366. The van der Waals surface area contributed by atoms with Crippen molar-refractivity contribution in [2.45, 2.75) is 40.0 Å². The zero-order chi connectivity index (χ0) is 21.0. The van der Waals surface area contributed by atoms with E-state index < -0.39 is 0 Å². The number of aromatic nitrogens is 2. The smallest absolute Gasteiger partial charge is 0.287 e. The molecule has 29 heavy (non-hydrogen) atoms. The molecule has 2 aromatic heterocycles. The van der Waals surface area contributed by atoms with Gasteiger partial charge in [-0.25, -0.2) is 4.98 Å². The molecule has 1 aromatic carbocycles. The molecule has 0 fully saturated rings. The second-order valence-electron chi connectivity index (χ2n) is 7.87. The Morgan fingerprint density at radius 3 is 2.45 bits per heavy atom. The Morgan fingerprint density at radius 1 is 1.00 bits per heavy atom. The van der Waals surface area contributed by atoms with E-state index in [0.29, 0.717) is 18.0 Å². The Bertz CT molecular complexity index is 1020. The molecule has 0 aliphatic rings. The number of hydrogen-bond acceptors (Lipinski definition) is 3. The van der Waals surface area contributed by atoms with E-state index in [4.69, 9.17) is 0 Å². The van der Waals surface area contributed by atoms with Crippen molar-refractivity contribution in [2.24, 2.45) is 5.92 Å². The lowest BCUT2D eigenvalue weighted by Crippen LogP contribution is -2.27. The number of carbonyl (C=O) groups excluding carboxylic acids is 2. The molecule has 6 nitrogen and oxygen atoms in total. The quantitative estimate of drug-likeness (QED) is 0.622. The van der Waals surface area contributed by atoms with Crippen LogP contribution in [0.15, 0.2) is 48.7 Å². The summed E-state index contributed by atoms with van der Waals surface area (Å²) >= 11 is 0. The van der Waals surface area contributed by atoms with Crippen LogP contribution in [0.4, 0.5) is 5.69 Å². The minimum absolute atomic E-state index is 0.214. The van der Waals surface area contributed by atoms with Crippen LogP contribution in [0.2, 0.25) is 0 Å². The maximum atomic E-state index is 13.0. The van der Waals surface area contributed by atoms with Gasteiger partial charge in [0.25, 0.3) is 11.8 Å². The molecular weight excluding hydrogens is 364 g/mol. The Morgan fingerprint density at radius 2 is 1.72 bits per heavy atom. The average molecular weight is 393 g/mol. The third-order valence-electron chi connectivity index (χ3n) is 4.80. The van der Waals surface area contributed by atoms with E-state index >= 15 is 0 Å². The first-order chi connectivity index (χ1) is 13.9. The number of pyridine rings is 1. The van der Waals surface area contributed by atoms with Crippen LogP contribution >= 0.6 is 0 Å². The molecule has 0 radical (unpaired) electrons. The van der Waals surface area contributed by atoms with Crippen molar-refractivity contribution in [3.63, 3.8) is 0 Å². The molecule has 0 spiro atoms. The second-order valence-corrected chi connectivity index (χ2v) is 7.87. The monoisotopic (exact) mass is 392 g/mol. The number of carbonyl (C=O) groups is 2. The third-order valence-corrected chi connectivity index (χ3v) is 4.80. The highest BCUT2D eigenvalue weighted by atomic mass is 16.2. The van der Waals surface area contributed by atoms with E-state index in [-0.39, 0.29) is 29.3 Å². The normalized spacial score (nSPS) is 11.2. The first kappa shape index (κ1) is 20.6. The summed E-state index contributed by atoms with van der Waals surface area (Å²) in [6, 6.07) is 13.2. The number of nitrogens with one attached hydrogen (secondary N) is 2. The number of imidazole rings is 1. The molecule has 2 heterocycles. The van der Waals surface area contributed by atoms with Gasteiger partial charge in [0.05, 0.1) is 5.52 Å². The van der Waals surface area contributed by atoms with Crippen LogP contribution in [-0.2, 0) is 0 Å². The zero-order valence-electron chi connectivity index (χ0n) is 17.4. The molecule has 3 aromatic rings. The van der Waals surface area contributed by atoms with Gasteiger partial charge in [0, 0.05) is 18.4 Å². The van der Waals surface area contributed by atoms with Crippen LogP contribution < -0.4 is 10.6 Å². The molecule has 2 amide bonds. The first-order valence-electron chi connectivity index (χ1n) is 10.0. The Balaban J connectivity index is 1.90. The topological polar surface area (TPSA) is 75.5 Å². The molecule has 0 saturated carbocycles. The number of anilines is 1. The minimum atomic E-state index is -0.331. The summed E-state index contributed by atoms with van der Waals surface area (Å²) in [4.78, 5) is 30.1. The maximum absolute atomic E-state index is 13.0. The highest BCUT2D eigenvalue weighted by Crippen LogP contribution is 2.24. The van der Waals surface area contributed by atoms with Crippen molar-refractivity contribution >= 4 is 23.0 Å². The van der Waals surface area contributed by atoms with Gasteiger partial charge in [-0.15, -0.1) is 0 Å². The predicted molar refractivity (Wildman–Crippen MR) is 115 cm³/mol. The molecule has 0 atom stereocenters. The largest absolute Gasteiger partial charge is 0.349 e. The summed E-state index contributed by atoms with van der Waals surface area (Å²) in [5.41, 5.74) is 2.64. The molecule has 0 aliphatic heterocycles. The fraction of sp³-hybridized carbons (Fsp3) is 0.348. The number of hydrogen-bond donors (Lipinski definition) is 2. The number of amides is 2. The Hall–Kier alpha value is -3.15. The van der Waals surface area contributed by atoms with E-state index in [1.165, 1.54) is 0 Å². The number of benzene rings is 1. The van der Waals surface area contributed by atoms with Crippen LogP contribution in [0, 0.1) is 5.92 Å². The molecule has 3 rings (SSSR count). The number of rotatable bonds is 7. The van der Waals surface area contributed by atoms with E-state index in [1.807, 2.05) is 36.4 Å². The second kappa shape index (κ2) is 8.90. The van der Waals surface area contributed by atoms with Gasteiger partial charge in [-0.3, -0.25) is 14.0 Å². The summed E-state index contributed by atoms with van der Waals surface area (Å²) in [5, 5.41) is 5.86. The lowest BCUT2D eigenvalue weighted by Gasteiger charge is -2.13. The van der Waals surface area contributed by atoms with Crippen LogP contribution in [0.3, 0.4) is 0 Å². The summed E-state index contributed by atoms with van der Waals surface area (Å²) in [7, 11) is 0. The van der Waals surface area contributed by atoms with Gasteiger partial charge in [0.15, 0.2) is 5.69 Å². The molecule has 0 aliphatic carbocycles. The van der Waals surface area contributed by atoms with E-state index in [1.54, 1.807) is 16.7 Å². The minimum Gasteiger partial charge on any atom is -0.349 e. The van der Waals surface area contributed by atoms with Crippen LogP contribution in [0.1, 0.15) is 66.7 Å². The van der Waals surface area contributed by atoms with Crippen molar-refractivity contribution in [3.8, 4) is 0 Å². The van der Waals surface area contributed by atoms with Gasteiger partial charge in [-0.05, 0) is 42.0 Å². The molecule has 152 valence electrons. The Labute approximate surface area is 171 Å².